The lowest BCUT2D eigenvalue weighted by Gasteiger charge is -2.35. The first-order chi connectivity index (χ1) is 12.3. The van der Waals surface area contributed by atoms with Gasteiger partial charge in [-0.2, -0.15) is 0 Å². The highest BCUT2D eigenvalue weighted by atomic mass is 16.5. The molecule has 0 spiro atoms. The zero-order valence-electron chi connectivity index (χ0n) is 13.9. The fraction of sp³-hybridized carbons (Fsp3) is 0.444. The zero-order valence-corrected chi connectivity index (χ0v) is 13.9. The Morgan fingerprint density at radius 2 is 2.08 bits per heavy atom. The molecule has 2 fully saturated rings. The molecule has 25 heavy (non-hydrogen) atoms. The number of carbonyl (C=O) groups is 1. The number of hydrogen-bond donors (Lipinski definition) is 1. The summed E-state index contributed by atoms with van der Waals surface area (Å²) in [6.07, 6.45) is 9.20. The van der Waals surface area contributed by atoms with Crippen molar-refractivity contribution in [2.24, 2.45) is 0 Å². The maximum Gasteiger partial charge on any atom is 0.249 e. The minimum absolute atomic E-state index is 0.0447. The highest BCUT2D eigenvalue weighted by molar-refractivity contribution is 5.80. The lowest BCUT2D eigenvalue weighted by molar-refractivity contribution is -0.141. The van der Waals surface area contributed by atoms with Crippen LogP contribution in [0.4, 0.5) is 5.95 Å². The summed E-state index contributed by atoms with van der Waals surface area (Å²) in [6, 6.07) is 5.88. The molecule has 0 saturated carbocycles. The normalized spacial score (nSPS) is 25.4. The van der Waals surface area contributed by atoms with Gasteiger partial charge in [0.2, 0.25) is 11.9 Å². The van der Waals surface area contributed by atoms with Crippen molar-refractivity contribution in [2.75, 3.05) is 11.4 Å². The van der Waals surface area contributed by atoms with E-state index in [9.17, 15) is 4.79 Å². The predicted molar refractivity (Wildman–Crippen MR) is 91.8 cm³/mol. The topological polar surface area (TPSA) is 80.2 Å². The van der Waals surface area contributed by atoms with E-state index >= 15 is 0 Å². The van der Waals surface area contributed by atoms with Gasteiger partial charge in [-0.15, -0.1) is 0 Å². The Hall–Kier alpha value is -2.54. The van der Waals surface area contributed by atoms with E-state index < -0.39 is 0 Å². The molecule has 0 bridgehead atoms. The van der Waals surface area contributed by atoms with Crippen molar-refractivity contribution in [3.63, 3.8) is 0 Å². The fourth-order valence-electron chi connectivity index (χ4n) is 3.61. The highest BCUT2D eigenvalue weighted by Crippen LogP contribution is 2.33. The molecule has 130 valence electrons. The van der Waals surface area contributed by atoms with Crippen LogP contribution in [0, 0.1) is 0 Å². The third kappa shape index (κ3) is 3.46. The smallest absolute Gasteiger partial charge is 0.249 e. The number of rotatable bonds is 4. The SMILES string of the molecule is O=C(NCc1cccnc1)[C@H]1CC[C@@H]2[C@@H](CCN2c2ncccn2)O1. The number of carbonyl (C=O) groups excluding carboxylic acids is 1. The molecule has 2 aromatic heterocycles. The van der Waals surface area contributed by atoms with Gasteiger partial charge in [0.1, 0.15) is 6.10 Å². The minimum Gasteiger partial charge on any atom is -0.363 e. The molecule has 0 unspecified atom stereocenters. The molecule has 4 heterocycles. The van der Waals surface area contributed by atoms with Gasteiger partial charge >= 0.3 is 0 Å². The van der Waals surface area contributed by atoms with Crippen LogP contribution in [0.25, 0.3) is 0 Å². The number of hydrogen-bond acceptors (Lipinski definition) is 6. The Labute approximate surface area is 146 Å². The molecule has 1 N–H and O–H groups in total. The molecule has 2 aliphatic rings. The number of pyridine rings is 1. The van der Waals surface area contributed by atoms with E-state index in [-0.39, 0.29) is 24.2 Å². The Morgan fingerprint density at radius 3 is 2.88 bits per heavy atom. The molecular formula is C18H21N5O2. The monoisotopic (exact) mass is 339 g/mol. The molecule has 2 saturated heterocycles. The maximum absolute atomic E-state index is 12.4. The van der Waals surface area contributed by atoms with Crippen molar-refractivity contribution in [1.29, 1.82) is 0 Å². The van der Waals surface area contributed by atoms with Crippen molar-refractivity contribution in [2.45, 2.75) is 44.1 Å². The number of amides is 1. The van der Waals surface area contributed by atoms with Gasteiger partial charge in [0, 0.05) is 37.9 Å². The molecule has 7 heteroatoms. The summed E-state index contributed by atoms with van der Waals surface area (Å²) >= 11 is 0. The molecule has 2 aromatic rings. The van der Waals surface area contributed by atoms with Crippen LogP contribution in [0.3, 0.4) is 0 Å². The molecule has 3 atom stereocenters. The summed E-state index contributed by atoms with van der Waals surface area (Å²) < 4.78 is 6.09. The minimum atomic E-state index is -0.380. The zero-order chi connectivity index (χ0) is 17.1. The molecule has 0 aliphatic carbocycles. The van der Waals surface area contributed by atoms with E-state index in [1.165, 1.54) is 0 Å². The van der Waals surface area contributed by atoms with Crippen LogP contribution >= 0.6 is 0 Å². The first kappa shape index (κ1) is 16.0. The van der Waals surface area contributed by atoms with Gasteiger partial charge in [0.25, 0.3) is 0 Å². The van der Waals surface area contributed by atoms with E-state index in [2.05, 4.69) is 25.2 Å². The number of nitrogens with one attached hydrogen (secondary N) is 1. The quantitative estimate of drug-likeness (QED) is 0.905. The maximum atomic E-state index is 12.4. The number of aromatic nitrogens is 3. The van der Waals surface area contributed by atoms with Crippen LogP contribution in [0.2, 0.25) is 0 Å². The van der Waals surface area contributed by atoms with Crippen molar-refractivity contribution in [3.05, 3.63) is 48.5 Å². The van der Waals surface area contributed by atoms with Crippen LogP contribution in [-0.2, 0) is 16.1 Å². The Morgan fingerprint density at radius 1 is 1.20 bits per heavy atom. The highest BCUT2D eigenvalue weighted by Gasteiger charge is 2.42. The number of ether oxygens (including phenoxy) is 1. The molecule has 0 radical (unpaired) electrons. The van der Waals surface area contributed by atoms with E-state index in [1.54, 1.807) is 24.8 Å². The third-order valence-electron chi connectivity index (χ3n) is 4.84. The van der Waals surface area contributed by atoms with Crippen molar-refractivity contribution in [3.8, 4) is 0 Å². The molecule has 7 nitrogen and oxygen atoms in total. The standard InChI is InChI=1S/C18H21N5O2/c24-17(22-12-13-3-1-7-19-11-13)16-5-4-14-15(25-16)6-10-23(14)18-20-8-2-9-21-18/h1-3,7-9,11,14-16H,4-6,10,12H2,(H,22,24)/t14-,15-,16-/m1/s1. The summed E-state index contributed by atoms with van der Waals surface area (Å²) in [5.74, 6) is 0.704. The summed E-state index contributed by atoms with van der Waals surface area (Å²) in [6.45, 7) is 1.34. The number of anilines is 1. The van der Waals surface area contributed by atoms with Gasteiger partial charge < -0.3 is 15.0 Å². The van der Waals surface area contributed by atoms with Gasteiger partial charge in [-0.25, -0.2) is 9.97 Å². The third-order valence-corrected chi connectivity index (χ3v) is 4.84. The van der Waals surface area contributed by atoms with Crippen LogP contribution < -0.4 is 10.2 Å². The number of nitrogens with zero attached hydrogens (tertiary/aromatic N) is 4. The number of fused-ring (bicyclic) bond motifs is 1. The summed E-state index contributed by atoms with van der Waals surface area (Å²) in [7, 11) is 0. The van der Waals surface area contributed by atoms with E-state index in [0.29, 0.717) is 13.0 Å². The molecule has 4 rings (SSSR count). The van der Waals surface area contributed by atoms with Crippen LogP contribution in [-0.4, -0.2) is 45.7 Å². The second-order valence-corrected chi connectivity index (χ2v) is 6.42. The Bertz CT molecular complexity index is 712. The van der Waals surface area contributed by atoms with E-state index in [4.69, 9.17) is 4.74 Å². The molecule has 0 aromatic carbocycles. The van der Waals surface area contributed by atoms with Gasteiger partial charge in [0.05, 0.1) is 12.1 Å². The van der Waals surface area contributed by atoms with Crippen LogP contribution in [0.1, 0.15) is 24.8 Å². The second kappa shape index (κ2) is 7.14. The average molecular weight is 339 g/mol. The fourth-order valence-corrected chi connectivity index (χ4v) is 3.61. The Balaban J connectivity index is 1.33. The van der Waals surface area contributed by atoms with Gasteiger partial charge in [-0.3, -0.25) is 9.78 Å². The molecule has 2 aliphatic heterocycles. The van der Waals surface area contributed by atoms with Crippen LogP contribution in [0.5, 0.6) is 0 Å². The lowest BCUT2D eigenvalue weighted by atomic mass is 9.98. The largest absolute Gasteiger partial charge is 0.363 e. The second-order valence-electron chi connectivity index (χ2n) is 6.42. The summed E-state index contributed by atoms with van der Waals surface area (Å²) in [5.41, 5.74) is 0.984. The van der Waals surface area contributed by atoms with Gasteiger partial charge in [-0.05, 0) is 37.0 Å². The van der Waals surface area contributed by atoms with Crippen molar-refractivity contribution in [1.82, 2.24) is 20.3 Å². The van der Waals surface area contributed by atoms with Crippen molar-refractivity contribution >= 4 is 11.9 Å². The van der Waals surface area contributed by atoms with E-state index in [1.807, 2.05) is 18.2 Å². The Kier molecular flexibility index (Phi) is 4.56. The van der Waals surface area contributed by atoms with Gasteiger partial charge in [0.15, 0.2) is 0 Å². The van der Waals surface area contributed by atoms with Gasteiger partial charge in [-0.1, -0.05) is 6.07 Å². The lowest BCUT2D eigenvalue weighted by Crippen LogP contribution is -2.48. The summed E-state index contributed by atoms with van der Waals surface area (Å²) in [4.78, 5) is 27.4. The molecular weight excluding hydrogens is 318 g/mol. The van der Waals surface area contributed by atoms with Crippen molar-refractivity contribution < 1.29 is 9.53 Å². The summed E-state index contributed by atoms with van der Waals surface area (Å²) in [5, 5.41) is 2.95. The average Bonchev–Trinajstić information content (AvgIpc) is 3.11. The molecule has 1 amide bonds. The van der Waals surface area contributed by atoms with E-state index in [0.717, 1.165) is 30.9 Å². The predicted octanol–water partition coefficient (Wildman–Crippen LogP) is 1.31. The van der Waals surface area contributed by atoms with Crippen LogP contribution in [0.15, 0.2) is 43.0 Å². The first-order valence-electron chi connectivity index (χ1n) is 8.67. The first-order valence-corrected chi connectivity index (χ1v) is 8.67.